The molecule has 0 spiro atoms. The van der Waals surface area contributed by atoms with Crippen molar-refractivity contribution in [2.45, 2.75) is 89.4 Å². The highest BCUT2D eigenvalue weighted by molar-refractivity contribution is 5.87. The van der Waals surface area contributed by atoms with Gasteiger partial charge in [0, 0.05) is 43.0 Å². The topological polar surface area (TPSA) is 184 Å². The zero-order valence-electron chi connectivity index (χ0n) is 35.2. The van der Waals surface area contributed by atoms with Gasteiger partial charge in [0.05, 0.1) is 49.6 Å². The summed E-state index contributed by atoms with van der Waals surface area (Å²) in [6.45, 7) is 6.14. The van der Waals surface area contributed by atoms with Gasteiger partial charge in [0.15, 0.2) is 0 Å². The number of ether oxygens (including phenoxy) is 3. The number of imidazole rings is 2. The number of alkyl carbamates (subject to hydrolysis) is 2. The molecule has 4 N–H and O–H groups in total. The van der Waals surface area contributed by atoms with E-state index in [1.54, 1.807) is 6.20 Å². The Hall–Kier alpha value is -6.14. The number of carbonyl (C=O) groups is 4. The highest BCUT2D eigenvalue weighted by atomic mass is 16.5. The lowest BCUT2D eigenvalue weighted by Gasteiger charge is -2.34. The van der Waals surface area contributed by atoms with E-state index >= 15 is 0 Å². The van der Waals surface area contributed by atoms with Crippen LogP contribution in [0.3, 0.4) is 0 Å². The summed E-state index contributed by atoms with van der Waals surface area (Å²) in [7, 11) is 2.60. The number of hydrogen-bond acceptors (Lipinski definition) is 9. The quantitative estimate of drug-likeness (QED) is 0.151. The van der Waals surface area contributed by atoms with Crippen LogP contribution >= 0.6 is 0 Å². The van der Waals surface area contributed by atoms with E-state index in [1.165, 1.54) is 19.8 Å². The van der Waals surface area contributed by atoms with E-state index < -0.39 is 24.3 Å². The lowest BCUT2D eigenvalue weighted by atomic mass is 9.90. The van der Waals surface area contributed by atoms with Crippen LogP contribution in [0.1, 0.15) is 98.5 Å². The minimum Gasteiger partial charge on any atom is -0.453 e. The van der Waals surface area contributed by atoms with Crippen molar-refractivity contribution in [3.63, 3.8) is 0 Å². The predicted molar refractivity (Wildman–Crippen MR) is 226 cm³/mol. The van der Waals surface area contributed by atoms with Crippen molar-refractivity contribution in [3.8, 4) is 34.4 Å². The van der Waals surface area contributed by atoms with Gasteiger partial charge < -0.3 is 44.6 Å². The maximum absolute atomic E-state index is 13.9. The fourth-order valence-electron chi connectivity index (χ4n) is 9.20. The van der Waals surface area contributed by atoms with Gasteiger partial charge in [0.25, 0.3) is 0 Å². The Balaban J connectivity index is 0.925. The number of fused-ring (bicyclic) bond motifs is 3. The fraction of sp³-hybridized carbons (Fsp3) is 0.478. The van der Waals surface area contributed by atoms with Crippen LogP contribution in [0, 0.1) is 23.7 Å². The zero-order chi connectivity index (χ0) is 42.6. The van der Waals surface area contributed by atoms with Crippen LogP contribution in [0.25, 0.3) is 22.5 Å². The molecule has 0 radical (unpaired) electrons. The number of nitrogens with zero attached hydrogens (tertiary/aromatic N) is 4. The molecular weight excluding hydrogens is 777 g/mol. The summed E-state index contributed by atoms with van der Waals surface area (Å²) >= 11 is 0. The van der Waals surface area contributed by atoms with Gasteiger partial charge in [-0.05, 0) is 98.6 Å². The summed E-state index contributed by atoms with van der Waals surface area (Å²) in [6, 6.07) is 12.5. The standard InChI is InChI=1S/C46H54N8O7/c1-27(2)38(51-45(57)59-3)43(55)54-22-6-8-37(54)42-48-34-18-16-32-25-29(13-17-33(32)40(34)50-42)10-9-28-11-14-30(15-12-28)35-26-47-41(49-35)36-7-5-21-53(36)44(56)39(52-46(58)60-4)31-19-23-61-24-20-31/h11-15,17,25-27,31,36-39H,5-8,16,18-24H2,1-4H3,(H,47,49)(H,48,50)(H,51,57)(H,52,58)/t36-,37-,38-,39-/m0/s1. The predicted octanol–water partition coefficient (Wildman–Crippen LogP) is 5.82. The van der Waals surface area contributed by atoms with Crippen molar-refractivity contribution in [2.75, 3.05) is 40.5 Å². The molecule has 61 heavy (non-hydrogen) atoms. The van der Waals surface area contributed by atoms with Gasteiger partial charge in [-0.2, -0.15) is 0 Å². The molecule has 4 amide bonds. The lowest BCUT2D eigenvalue weighted by molar-refractivity contribution is -0.137. The minimum atomic E-state index is -0.685. The maximum Gasteiger partial charge on any atom is 0.407 e. The molecule has 4 aromatic rings. The number of aryl methyl sites for hydroxylation is 2. The number of nitrogens with one attached hydrogen (secondary N) is 4. The van der Waals surface area contributed by atoms with Crippen LogP contribution in [0.15, 0.2) is 48.7 Å². The number of carbonyl (C=O) groups excluding carboxylic acids is 4. The smallest absolute Gasteiger partial charge is 0.407 e. The van der Waals surface area contributed by atoms with Gasteiger partial charge >= 0.3 is 12.2 Å². The number of rotatable bonds is 9. The van der Waals surface area contributed by atoms with Crippen LogP contribution in [0.5, 0.6) is 0 Å². The Labute approximate surface area is 355 Å². The molecular formula is C46H54N8O7. The third kappa shape index (κ3) is 8.86. The van der Waals surface area contributed by atoms with Crippen molar-refractivity contribution < 1.29 is 33.4 Å². The van der Waals surface area contributed by atoms with Crippen LogP contribution < -0.4 is 10.6 Å². The molecule has 4 aliphatic rings. The van der Waals surface area contributed by atoms with Crippen molar-refractivity contribution in [2.24, 2.45) is 11.8 Å². The van der Waals surface area contributed by atoms with E-state index in [4.69, 9.17) is 24.2 Å². The first-order valence-electron chi connectivity index (χ1n) is 21.4. The second kappa shape index (κ2) is 18.2. The molecule has 320 valence electrons. The van der Waals surface area contributed by atoms with Gasteiger partial charge in [-0.1, -0.05) is 43.9 Å². The molecule has 8 rings (SSSR count). The van der Waals surface area contributed by atoms with E-state index in [2.05, 4.69) is 44.6 Å². The largest absolute Gasteiger partial charge is 0.453 e. The van der Waals surface area contributed by atoms with E-state index in [0.717, 1.165) is 89.5 Å². The Morgan fingerprint density at radius 2 is 1.46 bits per heavy atom. The van der Waals surface area contributed by atoms with Gasteiger partial charge in [-0.3, -0.25) is 9.59 Å². The van der Waals surface area contributed by atoms with Crippen molar-refractivity contribution in [1.29, 1.82) is 0 Å². The number of likely N-dealkylation sites (tertiary alicyclic amines) is 2. The summed E-state index contributed by atoms with van der Waals surface area (Å²) in [5.41, 5.74) is 7.89. The van der Waals surface area contributed by atoms with Crippen LogP contribution in [-0.4, -0.2) is 106 Å². The second-order valence-electron chi connectivity index (χ2n) is 16.6. The van der Waals surface area contributed by atoms with Gasteiger partial charge in [0.2, 0.25) is 11.8 Å². The summed E-state index contributed by atoms with van der Waals surface area (Å²) in [5.74, 6) is 7.80. The number of methoxy groups -OCH3 is 2. The summed E-state index contributed by atoms with van der Waals surface area (Å²) in [6.07, 6.45) is 6.85. The molecule has 0 saturated carbocycles. The number of hydrogen-bond donors (Lipinski definition) is 4. The summed E-state index contributed by atoms with van der Waals surface area (Å²) in [5, 5.41) is 5.53. The van der Waals surface area contributed by atoms with E-state index in [0.29, 0.717) is 39.1 Å². The van der Waals surface area contributed by atoms with Crippen molar-refractivity contribution in [1.82, 2.24) is 40.4 Å². The monoisotopic (exact) mass is 830 g/mol. The van der Waals surface area contributed by atoms with Crippen LogP contribution in [0.2, 0.25) is 0 Å². The molecule has 2 aromatic heterocycles. The first-order chi connectivity index (χ1) is 29.6. The zero-order valence-corrected chi connectivity index (χ0v) is 35.2. The number of benzene rings is 2. The molecule has 15 nitrogen and oxygen atoms in total. The molecule has 3 saturated heterocycles. The third-order valence-corrected chi connectivity index (χ3v) is 12.5. The lowest BCUT2D eigenvalue weighted by Crippen LogP contribution is -2.53. The molecule has 3 aliphatic heterocycles. The van der Waals surface area contributed by atoms with Crippen LogP contribution in [-0.2, 0) is 36.6 Å². The molecule has 2 aromatic carbocycles. The summed E-state index contributed by atoms with van der Waals surface area (Å²) < 4.78 is 15.2. The van der Waals surface area contributed by atoms with Crippen molar-refractivity contribution in [3.05, 3.63) is 82.7 Å². The molecule has 4 atom stereocenters. The van der Waals surface area contributed by atoms with E-state index in [9.17, 15) is 19.2 Å². The molecule has 0 bridgehead atoms. The summed E-state index contributed by atoms with van der Waals surface area (Å²) in [4.78, 5) is 72.3. The molecule has 5 heterocycles. The maximum atomic E-state index is 13.9. The Kier molecular flexibility index (Phi) is 12.4. The fourth-order valence-corrected chi connectivity index (χ4v) is 9.20. The van der Waals surface area contributed by atoms with Gasteiger partial charge in [-0.25, -0.2) is 19.6 Å². The number of aromatic amines is 2. The molecule has 0 unspecified atom stereocenters. The van der Waals surface area contributed by atoms with E-state index in [-0.39, 0.29) is 35.7 Å². The molecule has 15 heteroatoms. The SMILES string of the molecule is COC(=O)N[C@H](C(=O)N1CCC[C@H]1c1nc2c([nH]1)-c1ccc(C#Cc3ccc(-c4cnc([C@@H]5CCCN5C(=O)[C@@H](NC(=O)OC)C5CCOCC5)[nH]4)cc3)cc1CC2)C(C)C. The molecule has 3 fully saturated rings. The average Bonchev–Trinajstić information content (AvgIpc) is 4.13. The number of H-pyrrole nitrogens is 2. The minimum absolute atomic E-state index is 0.0279. The Morgan fingerprint density at radius 3 is 2.16 bits per heavy atom. The highest BCUT2D eigenvalue weighted by Crippen LogP contribution is 2.38. The Bertz CT molecular complexity index is 2320. The Morgan fingerprint density at radius 1 is 0.803 bits per heavy atom. The first-order valence-corrected chi connectivity index (χ1v) is 21.4. The highest BCUT2D eigenvalue weighted by Gasteiger charge is 2.41. The second-order valence-corrected chi connectivity index (χ2v) is 16.6. The van der Waals surface area contributed by atoms with Crippen LogP contribution in [0.4, 0.5) is 9.59 Å². The number of aromatic nitrogens is 4. The molecule has 1 aliphatic carbocycles. The third-order valence-electron chi connectivity index (χ3n) is 12.5. The first kappa shape index (κ1) is 41.6. The van der Waals surface area contributed by atoms with Gasteiger partial charge in [0.1, 0.15) is 23.7 Å². The number of amides is 4. The van der Waals surface area contributed by atoms with Crippen molar-refractivity contribution >= 4 is 24.0 Å². The normalized spacial score (nSPS) is 19.6. The average molecular weight is 831 g/mol. The van der Waals surface area contributed by atoms with Gasteiger partial charge in [-0.15, -0.1) is 0 Å². The van der Waals surface area contributed by atoms with E-state index in [1.807, 2.05) is 54.0 Å².